The van der Waals surface area contributed by atoms with E-state index in [1.165, 1.54) is 76.9 Å². The van der Waals surface area contributed by atoms with Gasteiger partial charge in [0.1, 0.15) is 12.4 Å². The number of allylic oxidation sites excluding steroid dienone is 2. The lowest BCUT2D eigenvalue weighted by atomic mass is 10.1. The third kappa shape index (κ3) is 20.6. The molecular weight excluding hydrogens is 340 g/mol. The minimum absolute atomic E-state index is 0.00694. The van der Waals surface area contributed by atoms with Crippen LogP contribution in [0.2, 0.25) is 0 Å². The van der Waals surface area contributed by atoms with Crippen LogP contribution in [0.15, 0.2) is 35.0 Å². The maximum atomic E-state index is 10.3. The molecule has 2 N–H and O–H groups in total. The summed E-state index contributed by atoms with van der Waals surface area (Å²) >= 11 is 0. The highest BCUT2D eigenvalue weighted by atomic mass is 16.4. The van der Waals surface area contributed by atoms with Crippen molar-refractivity contribution in [3.63, 3.8) is 0 Å². The van der Waals surface area contributed by atoms with Crippen LogP contribution in [0.3, 0.4) is 0 Å². The molecule has 0 spiro atoms. The zero-order chi connectivity index (χ0) is 20.0. The summed E-state index contributed by atoms with van der Waals surface area (Å²) in [4.78, 5) is 10.3. The first kappa shape index (κ1) is 25.4. The summed E-state index contributed by atoms with van der Waals surface area (Å²) in [5.74, 6) is -0.0531. The fraction of sp³-hybridized carbons (Fsp3) is 0.696. The van der Waals surface area contributed by atoms with Crippen molar-refractivity contribution in [1.82, 2.24) is 0 Å². The van der Waals surface area contributed by atoms with Crippen LogP contribution in [0.1, 0.15) is 103 Å². The average Bonchev–Trinajstić information content (AvgIpc) is 3.19. The Labute approximate surface area is 165 Å². The maximum Gasteiger partial charge on any atom is 0.303 e. The number of furan rings is 1. The van der Waals surface area contributed by atoms with Gasteiger partial charge in [0, 0.05) is 6.42 Å². The third-order valence-corrected chi connectivity index (χ3v) is 4.39. The van der Waals surface area contributed by atoms with Gasteiger partial charge in [-0.2, -0.15) is 0 Å². The summed E-state index contributed by atoms with van der Waals surface area (Å²) < 4.78 is 4.73. The number of aliphatic hydroxyl groups excluding tert-OH is 1. The lowest BCUT2D eigenvalue weighted by Gasteiger charge is -1.99. The molecule has 1 aromatic heterocycles. The molecule has 156 valence electrons. The van der Waals surface area contributed by atoms with Gasteiger partial charge in [-0.25, -0.2) is 0 Å². The van der Waals surface area contributed by atoms with Crippen molar-refractivity contribution in [3.05, 3.63) is 36.3 Å². The van der Waals surface area contributed by atoms with E-state index in [1.807, 2.05) is 0 Å². The van der Waals surface area contributed by atoms with Crippen molar-refractivity contribution >= 4 is 5.97 Å². The van der Waals surface area contributed by atoms with E-state index < -0.39 is 5.97 Å². The van der Waals surface area contributed by atoms with Gasteiger partial charge in [0.05, 0.1) is 6.26 Å². The van der Waals surface area contributed by atoms with Crippen molar-refractivity contribution in [2.75, 3.05) is 0 Å². The Hall–Kier alpha value is -1.55. The van der Waals surface area contributed by atoms with E-state index in [9.17, 15) is 4.79 Å². The number of carboxylic acids is 1. The highest BCUT2D eigenvalue weighted by molar-refractivity contribution is 5.66. The molecule has 0 bridgehead atoms. The highest BCUT2D eigenvalue weighted by Crippen LogP contribution is 2.09. The molecule has 0 unspecified atom stereocenters. The minimum Gasteiger partial charge on any atom is -0.481 e. The topological polar surface area (TPSA) is 70.7 Å². The summed E-state index contributed by atoms with van der Waals surface area (Å²) in [7, 11) is 0. The summed E-state index contributed by atoms with van der Waals surface area (Å²) in [6, 6.07) is 3.46. The van der Waals surface area contributed by atoms with E-state index in [0.29, 0.717) is 12.2 Å². The van der Waals surface area contributed by atoms with E-state index in [-0.39, 0.29) is 6.61 Å². The van der Waals surface area contributed by atoms with Gasteiger partial charge >= 0.3 is 5.97 Å². The maximum absolute atomic E-state index is 10.3. The Morgan fingerprint density at radius 3 is 1.93 bits per heavy atom. The zero-order valence-electron chi connectivity index (χ0n) is 17.2. The van der Waals surface area contributed by atoms with Gasteiger partial charge in [-0.3, -0.25) is 4.79 Å². The molecule has 0 saturated heterocycles. The molecule has 0 aromatic carbocycles. The first-order valence-electron chi connectivity index (χ1n) is 10.7. The highest BCUT2D eigenvalue weighted by Gasteiger charge is 1.95. The quantitative estimate of drug-likeness (QED) is 0.242. The molecule has 1 heterocycles. The molecule has 0 aliphatic carbocycles. The van der Waals surface area contributed by atoms with Gasteiger partial charge in [-0.15, -0.1) is 0 Å². The number of unbranched alkanes of at least 4 members (excludes halogenated alkanes) is 11. The fourth-order valence-corrected chi connectivity index (χ4v) is 2.75. The van der Waals surface area contributed by atoms with Gasteiger partial charge in [-0.1, -0.05) is 70.4 Å². The van der Waals surface area contributed by atoms with Crippen molar-refractivity contribution in [2.24, 2.45) is 0 Å². The summed E-state index contributed by atoms with van der Waals surface area (Å²) in [5, 5.41) is 16.8. The molecule has 4 heteroatoms. The Morgan fingerprint density at radius 1 is 0.926 bits per heavy atom. The molecule has 4 nitrogen and oxygen atoms in total. The predicted octanol–water partition coefficient (Wildman–Crippen LogP) is 6.88. The number of rotatable bonds is 16. The van der Waals surface area contributed by atoms with Gasteiger partial charge < -0.3 is 14.6 Å². The monoisotopic (exact) mass is 380 g/mol. The second-order valence-corrected chi connectivity index (χ2v) is 6.97. The lowest BCUT2D eigenvalue weighted by molar-refractivity contribution is -0.137. The Balaban J connectivity index is 0.000000797. The standard InChI is InChI=1S/C18H34O2.C5H6O2/c1-2-3-4-5-6-7-8-9-10-11-12-13-14-15-16-17-18(19)20;6-4-5-2-1-3-7-5/h9-10H,2-8,11-17H2,1H3,(H,19,20);1-3,6H,4H2/b10-9-;. The van der Waals surface area contributed by atoms with Gasteiger partial charge in [0.25, 0.3) is 0 Å². The van der Waals surface area contributed by atoms with E-state index in [2.05, 4.69) is 19.1 Å². The van der Waals surface area contributed by atoms with Crippen LogP contribution in [0.5, 0.6) is 0 Å². The molecule has 0 fully saturated rings. The first-order chi connectivity index (χ1) is 13.2. The number of hydrogen-bond acceptors (Lipinski definition) is 3. The second kappa shape index (κ2) is 20.8. The van der Waals surface area contributed by atoms with Crippen LogP contribution in [0, 0.1) is 0 Å². The first-order valence-corrected chi connectivity index (χ1v) is 10.7. The molecular formula is C23H40O4. The number of carbonyl (C=O) groups is 1. The van der Waals surface area contributed by atoms with Crippen LogP contribution >= 0.6 is 0 Å². The second-order valence-electron chi connectivity index (χ2n) is 6.97. The molecule has 0 amide bonds. The number of hydrogen-bond donors (Lipinski definition) is 2. The smallest absolute Gasteiger partial charge is 0.303 e. The molecule has 0 radical (unpaired) electrons. The summed E-state index contributed by atoms with van der Waals surface area (Å²) in [6.45, 7) is 2.25. The van der Waals surface area contributed by atoms with Crippen molar-refractivity contribution in [1.29, 1.82) is 0 Å². The third-order valence-electron chi connectivity index (χ3n) is 4.39. The summed E-state index contributed by atoms with van der Waals surface area (Å²) in [6.07, 6.45) is 22.8. The Morgan fingerprint density at radius 2 is 1.48 bits per heavy atom. The van der Waals surface area contributed by atoms with Crippen LogP contribution in [0.4, 0.5) is 0 Å². The van der Waals surface area contributed by atoms with Gasteiger partial charge in [-0.05, 0) is 44.2 Å². The normalized spacial score (nSPS) is 10.7. The predicted molar refractivity (Wildman–Crippen MR) is 112 cm³/mol. The molecule has 0 saturated carbocycles. The molecule has 0 atom stereocenters. The molecule has 0 aliphatic heterocycles. The van der Waals surface area contributed by atoms with Crippen molar-refractivity contribution in [2.45, 2.75) is 103 Å². The van der Waals surface area contributed by atoms with E-state index in [0.717, 1.165) is 12.8 Å². The van der Waals surface area contributed by atoms with E-state index in [4.69, 9.17) is 14.6 Å². The van der Waals surface area contributed by atoms with Crippen LogP contribution in [-0.4, -0.2) is 16.2 Å². The van der Waals surface area contributed by atoms with Gasteiger partial charge in [0.15, 0.2) is 0 Å². The zero-order valence-corrected chi connectivity index (χ0v) is 17.2. The largest absolute Gasteiger partial charge is 0.481 e. The van der Waals surface area contributed by atoms with Crippen LogP contribution in [0.25, 0.3) is 0 Å². The van der Waals surface area contributed by atoms with Crippen LogP contribution in [-0.2, 0) is 11.4 Å². The number of carboxylic acid groups (broad SMARTS) is 1. The fourth-order valence-electron chi connectivity index (χ4n) is 2.75. The van der Waals surface area contributed by atoms with E-state index in [1.54, 1.807) is 12.1 Å². The van der Waals surface area contributed by atoms with Gasteiger partial charge in [0.2, 0.25) is 0 Å². The summed E-state index contributed by atoms with van der Waals surface area (Å²) in [5.41, 5.74) is 0. The molecule has 1 rings (SSSR count). The van der Waals surface area contributed by atoms with E-state index >= 15 is 0 Å². The minimum atomic E-state index is -0.664. The number of aliphatic carboxylic acids is 1. The average molecular weight is 381 g/mol. The van der Waals surface area contributed by atoms with Crippen molar-refractivity contribution in [3.8, 4) is 0 Å². The van der Waals surface area contributed by atoms with Crippen molar-refractivity contribution < 1.29 is 19.4 Å². The SMILES string of the molecule is CCCCCCCC/C=C\CCCCCCCC(=O)O.OCc1ccco1. The lowest BCUT2D eigenvalue weighted by Crippen LogP contribution is -1.93. The molecule has 27 heavy (non-hydrogen) atoms. The Bertz CT molecular complexity index is 437. The molecule has 1 aromatic rings. The van der Waals surface area contributed by atoms with Crippen LogP contribution < -0.4 is 0 Å². The Kier molecular flexibility index (Phi) is 19.6. The molecule has 0 aliphatic rings. The number of aliphatic hydroxyl groups is 1.